The normalized spacial score (nSPS) is 11.4. The number of rotatable bonds is 3. The third kappa shape index (κ3) is 3.98. The third-order valence-electron chi connectivity index (χ3n) is 8.12. The van der Waals surface area contributed by atoms with E-state index < -0.39 is 0 Å². The molecule has 0 unspecified atom stereocenters. The van der Waals surface area contributed by atoms with Crippen molar-refractivity contribution in [3.05, 3.63) is 115 Å². The summed E-state index contributed by atoms with van der Waals surface area (Å²) in [5.74, 6) is 0. The van der Waals surface area contributed by atoms with Crippen LogP contribution in [0.25, 0.3) is 65.7 Å². The summed E-state index contributed by atoms with van der Waals surface area (Å²) < 4.78 is 0. The molecule has 0 spiro atoms. The van der Waals surface area contributed by atoms with E-state index in [9.17, 15) is 0 Å². The Morgan fingerprint density at radius 3 is 1.32 bits per heavy atom. The average molecular weight is 506 g/mol. The van der Waals surface area contributed by atoms with Gasteiger partial charge in [0.1, 0.15) is 39.2 Å². The second kappa shape index (κ2) is 9.93. The van der Waals surface area contributed by atoms with E-state index in [1.54, 1.807) is 0 Å². The molecule has 0 heterocycles. The first kappa shape index (κ1) is 25.6. The Labute approximate surface area is 246 Å². The van der Waals surface area contributed by atoms with Crippen molar-refractivity contribution in [2.24, 2.45) is 0 Å². The maximum Gasteiger partial charge on any atom is 0.113 e. The average Bonchev–Trinajstić information content (AvgIpc) is 3.02. The van der Waals surface area contributed by atoms with Crippen LogP contribution in [0.3, 0.4) is 0 Å². The Morgan fingerprint density at radius 1 is 0.317 bits per heavy atom. The van der Waals surface area contributed by atoms with Gasteiger partial charge in [-0.05, 0) is 77.8 Å². The molecule has 0 bridgehead atoms. The summed E-state index contributed by atoms with van der Waals surface area (Å²) in [6.07, 6.45) is 0. The summed E-state index contributed by atoms with van der Waals surface area (Å²) >= 11 is 0. The van der Waals surface area contributed by atoms with E-state index in [-0.39, 0.29) is 16.4 Å². The second-order valence-corrected chi connectivity index (χ2v) is 10.4. The van der Waals surface area contributed by atoms with Gasteiger partial charge in [-0.25, -0.2) is 0 Å². The molecule has 41 heavy (non-hydrogen) atoms. The molecule has 178 valence electrons. The van der Waals surface area contributed by atoms with Crippen molar-refractivity contribution in [3.8, 4) is 33.4 Å². The molecule has 7 aromatic carbocycles. The van der Waals surface area contributed by atoms with Crippen LogP contribution in [-0.4, -0.2) is 39.2 Å². The van der Waals surface area contributed by atoms with Crippen molar-refractivity contribution in [1.82, 2.24) is 0 Å². The molecule has 5 heteroatoms. The molecular weight excluding hydrogens is 486 g/mol. The van der Waals surface area contributed by atoms with Crippen LogP contribution in [0.1, 0.15) is 0 Å². The van der Waals surface area contributed by atoms with Gasteiger partial charge in [-0.2, -0.15) is 0 Å². The summed E-state index contributed by atoms with van der Waals surface area (Å²) in [7, 11) is 32.1. The highest BCUT2D eigenvalue weighted by Gasteiger charge is 2.21. The highest BCUT2D eigenvalue weighted by atomic mass is 14.2. The standard InChI is InChI=1S/C36H19B5/c37-32-31(33(38)35(40)36(41)34(32)39)30-26-16-8-6-14-24(26)29(25-15-7-9-17-27(25)30)28-19-22(20-10-2-1-3-11-20)18-21-12-4-5-13-23(21)28/h1-19H. The van der Waals surface area contributed by atoms with Crippen molar-refractivity contribution < 1.29 is 0 Å². The molecule has 10 radical (unpaired) electrons. The number of hydrogen-bond acceptors (Lipinski definition) is 0. The molecule has 0 nitrogen and oxygen atoms in total. The zero-order valence-corrected chi connectivity index (χ0v) is 22.4. The Kier molecular flexibility index (Phi) is 6.20. The molecule has 0 aliphatic carbocycles. The first-order valence-electron chi connectivity index (χ1n) is 13.5. The Morgan fingerprint density at radius 2 is 0.756 bits per heavy atom. The van der Waals surface area contributed by atoms with Crippen molar-refractivity contribution in [1.29, 1.82) is 0 Å². The minimum atomic E-state index is 0.207. The lowest BCUT2D eigenvalue weighted by Gasteiger charge is -2.25. The second-order valence-electron chi connectivity index (χ2n) is 10.4. The van der Waals surface area contributed by atoms with Gasteiger partial charge in [-0.15, -0.1) is 16.4 Å². The minimum absolute atomic E-state index is 0.207. The van der Waals surface area contributed by atoms with Crippen LogP contribution in [-0.2, 0) is 0 Å². The van der Waals surface area contributed by atoms with Gasteiger partial charge in [0.25, 0.3) is 0 Å². The molecule has 0 atom stereocenters. The SMILES string of the molecule is [B]c1c([B])c([B])c(-c2c3ccccc3c(-c3cc(-c4ccccc4)cc4ccccc34)c3ccccc23)c([B])c1[B]. The van der Waals surface area contributed by atoms with Gasteiger partial charge >= 0.3 is 0 Å². The van der Waals surface area contributed by atoms with E-state index >= 15 is 0 Å². The fraction of sp³-hybridized carbons (Fsp3) is 0. The lowest BCUT2D eigenvalue weighted by molar-refractivity contribution is 1.64. The predicted molar refractivity (Wildman–Crippen MR) is 182 cm³/mol. The van der Waals surface area contributed by atoms with E-state index in [4.69, 9.17) is 39.2 Å². The first-order chi connectivity index (χ1) is 20.0. The van der Waals surface area contributed by atoms with Crippen molar-refractivity contribution >= 4 is 98.9 Å². The molecule has 0 saturated carbocycles. The monoisotopic (exact) mass is 506 g/mol. The highest BCUT2D eigenvalue weighted by molar-refractivity contribution is 6.69. The van der Waals surface area contributed by atoms with Gasteiger partial charge in [0.2, 0.25) is 0 Å². The first-order valence-corrected chi connectivity index (χ1v) is 13.5. The zero-order valence-electron chi connectivity index (χ0n) is 22.4. The lowest BCUT2D eigenvalue weighted by Crippen LogP contribution is -2.55. The summed E-state index contributed by atoms with van der Waals surface area (Å²) in [6, 6.07) is 40.3. The molecule has 0 fully saturated rings. The van der Waals surface area contributed by atoms with Crippen molar-refractivity contribution in [2.45, 2.75) is 0 Å². The van der Waals surface area contributed by atoms with E-state index in [1.165, 1.54) is 10.8 Å². The van der Waals surface area contributed by atoms with Gasteiger partial charge in [0.05, 0.1) is 0 Å². The van der Waals surface area contributed by atoms with Crippen LogP contribution < -0.4 is 27.3 Å². The summed E-state index contributed by atoms with van der Waals surface area (Å²) in [5.41, 5.74) is 7.45. The zero-order chi connectivity index (χ0) is 28.2. The van der Waals surface area contributed by atoms with Crippen LogP contribution in [0, 0.1) is 0 Å². The predicted octanol–water partition coefficient (Wildman–Crippen LogP) is 4.12. The molecule has 0 N–H and O–H groups in total. The van der Waals surface area contributed by atoms with Crippen LogP contribution in [0.15, 0.2) is 115 Å². The summed E-state index contributed by atoms with van der Waals surface area (Å²) in [4.78, 5) is 0. The largest absolute Gasteiger partial charge is 0.113 e. The molecule has 0 amide bonds. The molecule has 0 saturated heterocycles. The topological polar surface area (TPSA) is 0 Å². The van der Waals surface area contributed by atoms with Crippen LogP contribution >= 0.6 is 0 Å². The van der Waals surface area contributed by atoms with E-state index in [1.807, 2.05) is 18.2 Å². The van der Waals surface area contributed by atoms with Crippen LogP contribution in [0.5, 0.6) is 0 Å². The van der Waals surface area contributed by atoms with Gasteiger partial charge in [0, 0.05) is 0 Å². The van der Waals surface area contributed by atoms with Gasteiger partial charge in [-0.1, -0.05) is 114 Å². The Hall–Kier alpha value is -4.36. The number of hydrogen-bond donors (Lipinski definition) is 0. The van der Waals surface area contributed by atoms with Gasteiger partial charge in [-0.3, -0.25) is 0 Å². The van der Waals surface area contributed by atoms with E-state index in [2.05, 4.69) is 97.1 Å². The molecule has 0 aliphatic heterocycles. The molecule has 7 aromatic rings. The van der Waals surface area contributed by atoms with Crippen molar-refractivity contribution in [2.75, 3.05) is 0 Å². The summed E-state index contributed by atoms with van der Waals surface area (Å²) in [5, 5.41) is 6.49. The maximum atomic E-state index is 6.63. The molecular formula is C36H19B5. The van der Waals surface area contributed by atoms with Crippen LogP contribution in [0.2, 0.25) is 0 Å². The number of benzene rings is 7. The van der Waals surface area contributed by atoms with E-state index in [0.717, 1.165) is 49.4 Å². The Balaban J connectivity index is 1.68. The van der Waals surface area contributed by atoms with Crippen molar-refractivity contribution in [3.63, 3.8) is 0 Å². The highest BCUT2D eigenvalue weighted by Crippen LogP contribution is 2.45. The molecule has 7 rings (SSSR count). The molecule has 0 aliphatic rings. The minimum Gasteiger partial charge on any atom is -0.112 e. The summed E-state index contributed by atoms with van der Waals surface area (Å²) in [6.45, 7) is 0. The maximum absolute atomic E-state index is 6.63. The smallest absolute Gasteiger partial charge is 0.112 e. The third-order valence-corrected chi connectivity index (χ3v) is 8.12. The lowest BCUT2D eigenvalue weighted by atomic mass is 9.59. The molecule has 0 aromatic heterocycles. The number of fused-ring (bicyclic) bond motifs is 3. The fourth-order valence-electron chi connectivity index (χ4n) is 6.12. The van der Waals surface area contributed by atoms with Gasteiger partial charge in [0.15, 0.2) is 0 Å². The van der Waals surface area contributed by atoms with Crippen LogP contribution in [0.4, 0.5) is 0 Å². The quantitative estimate of drug-likeness (QED) is 0.251. The van der Waals surface area contributed by atoms with E-state index in [0.29, 0.717) is 16.5 Å². The van der Waals surface area contributed by atoms with Gasteiger partial charge < -0.3 is 0 Å². The Bertz CT molecular complexity index is 2060. The fourth-order valence-corrected chi connectivity index (χ4v) is 6.12.